The summed E-state index contributed by atoms with van der Waals surface area (Å²) in [6, 6.07) is 15.0. The molecule has 0 N–H and O–H groups in total. The predicted octanol–water partition coefficient (Wildman–Crippen LogP) is 6.57. The fourth-order valence-electron chi connectivity index (χ4n) is 5.51. The van der Waals surface area contributed by atoms with Crippen LogP contribution in [0.15, 0.2) is 42.5 Å². The molecule has 1 heterocycles. The van der Waals surface area contributed by atoms with Crippen LogP contribution in [0.3, 0.4) is 0 Å². The molecule has 2 fully saturated rings. The van der Waals surface area contributed by atoms with Gasteiger partial charge in [0.25, 0.3) is 0 Å². The van der Waals surface area contributed by atoms with Gasteiger partial charge in [-0.2, -0.15) is 0 Å². The van der Waals surface area contributed by atoms with Crippen molar-refractivity contribution in [1.82, 2.24) is 9.80 Å². The van der Waals surface area contributed by atoms with Gasteiger partial charge in [0.2, 0.25) is 11.8 Å². The van der Waals surface area contributed by atoms with Crippen LogP contribution in [0.1, 0.15) is 81.5 Å². The molecule has 4 rings (SSSR count). The van der Waals surface area contributed by atoms with E-state index in [9.17, 15) is 9.59 Å². The Morgan fingerprint density at radius 1 is 1.03 bits per heavy atom. The first-order valence-corrected chi connectivity index (χ1v) is 13.9. The van der Waals surface area contributed by atoms with Crippen LogP contribution < -0.4 is 4.74 Å². The van der Waals surface area contributed by atoms with Gasteiger partial charge in [0.05, 0.1) is 6.54 Å². The molecule has 0 aromatic heterocycles. The third-order valence-electron chi connectivity index (χ3n) is 7.74. The number of carbonyl (C=O) groups excluding carboxylic acids is 2. The first kappa shape index (κ1) is 26.7. The maximum Gasteiger partial charge on any atom is 0.229 e. The summed E-state index contributed by atoms with van der Waals surface area (Å²) in [5.41, 5.74) is 3.72. The van der Waals surface area contributed by atoms with Crippen LogP contribution in [0.2, 0.25) is 5.02 Å². The van der Waals surface area contributed by atoms with Crippen molar-refractivity contribution >= 4 is 23.4 Å². The number of aryl methyl sites for hydroxylation is 1. The molecule has 2 aliphatic rings. The molecule has 36 heavy (non-hydrogen) atoms. The molecule has 6 heteroatoms. The monoisotopic (exact) mass is 510 g/mol. The number of amides is 2. The highest BCUT2D eigenvalue weighted by Gasteiger charge is 2.28. The van der Waals surface area contributed by atoms with Crippen molar-refractivity contribution in [1.29, 1.82) is 0 Å². The van der Waals surface area contributed by atoms with Crippen LogP contribution in [0, 0.1) is 5.92 Å². The van der Waals surface area contributed by atoms with Crippen LogP contribution in [0.25, 0.3) is 0 Å². The van der Waals surface area contributed by atoms with Gasteiger partial charge < -0.3 is 4.74 Å². The molecule has 194 valence electrons. The van der Waals surface area contributed by atoms with E-state index >= 15 is 0 Å². The number of likely N-dealkylation sites (tertiary alicyclic amines) is 1. The topological polar surface area (TPSA) is 49.9 Å². The third-order valence-corrected chi connectivity index (χ3v) is 7.99. The molecule has 2 amide bonds. The molecule has 0 bridgehead atoms. The second-order valence-electron chi connectivity index (χ2n) is 10.2. The van der Waals surface area contributed by atoms with Crippen molar-refractivity contribution in [2.45, 2.75) is 77.8 Å². The number of carbonyl (C=O) groups is 2. The van der Waals surface area contributed by atoms with E-state index in [0.29, 0.717) is 32.0 Å². The lowest BCUT2D eigenvalue weighted by molar-refractivity contribution is -0.138. The summed E-state index contributed by atoms with van der Waals surface area (Å²) in [5.74, 6) is 1.40. The van der Waals surface area contributed by atoms with Gasteiger partial charge in [-0.05, 0) is 67.0 Å². The van der Waals surface area contributed by atoms with Crippen molar-refractivity contribution in [3.8, 4) is 5.75 Å². The Bertz CT molecular complexity index is 1020. The fraction of sp³-hybridized carbons (Fsp3) is 0.533. The molecule has 0 radical (unpaired) electrons. The first-order valence-electron chi connectivity index (χ1n) is 13.5. The van der Waals surface area contributed by atoms with E-state index in [1.165, 1.54) is 48.1 Å². The smallest absolute Gasteiger partial charge is 0.229 e. The standard InChI is InChI=1S/C30H39ClN2O3/c1-3-25-19-24(9-14-28(25)36-18-17-33-29(34)15-16-30(33)35)21-32(20-23-7-5-4-6-8-23)22(2)26-10-12-27(31)13-11-26/h9-14,19,22-23H,3-8,15-18,20-21H2,1-2H3/t22-/m0/s1. The molecule has 5 nitrogen and oxygen atoms in total. The largest absolute Gasteiger partial charge is 0.491 e. The molecule has 1 aliphatic heterocycles. The van der Waals surface area contributed by atoms with Crippen molar-refractivity contribution in [3.63, 3.8) is 0 Å². The van der Waals surface area contributed by atoms with Crippen molar-refractivity contribution in [2.24, 2.45) is 5.92 Å². The van der Waals surface area contributed by atoms with Gasteiger partial charge in [0.15, 0.2) is 0 Å². The van der Waals surface area contributed by atoms with E-state index < -0.39 is 0 Å². The molecule has 1 saturated heterocycles. The summed E-state index contributed by atoms with van der Waals surface area (Å²) in [6.45, 7) is 7.05. The highest BCUT2D eigenvalue weighted by molar-refractivity contribution is 6.30. The van der Waals surface area contributed by atoms with Crippen LogP contribution in [0.4, 0.5) is 0 Å². The van der Waals surface area contributed by atoms with Crippen LogP contribution in [-0.2, 0) is 22.6 Å². The van der Waals surface area contributed by atoms with Gasteiger partial charge in [-0.25, -0.2) is 0 Å². The Labute approximate surface area is 220 Å². The molecule has 0 unspecified atom stereocenters. The molecular weight excluding hydrogens is 472 g/mol. The molecule has 2 aromatic carbocycles. The SMILES string of the molecule is CCc1cc(CN(CC2CCCCC2)[C@@H](C)c2ccc(Cl)cc2)ccc1OCCN1C(=O)CCC1=O. The average molecular weight is 511 g/mol. The van der Waals surface area contributed by atoms with Crippen molar-refractivity contribution in [3.05, 3.63) is 64.2 Å². The molecule has 1 saturated carbocycles. The Balaban J connectivity index is 1.45. The highest BCUT2D eigenvalue weighted by atomic mass is 35.5. The van der Waals surface area contributed by atoms with Crippen LogP contribution in [-0.4, -0.2) is 41.3 Å². The predicted molar refractivity (Wildman–Crippen MR) is 144 cm³/mol. The van der Waals surface area contributed by atoms with Gasteiger partial charge in [-0.1, -0.05) is 62.1 Å². The van der Waals surface area contributed by atoms with Crippen LogP contribution >= 0.6 is 11.6 Å². The summed E-state index contributed by atoms with van der Waals surface area (Å²) in [4.78, 5) is 27.6. The number of ether oxygens (including phenoxy) is 1. The number of imide groups is 1. The average Bonchev–Trinajstić information content (AvgIpc) is 3.22. The minimum atomic E-state index is -0.0949. The summed E-state index contributed by atoms with van der Waals surface area (Å²) < 4.78 is 6.02. The summed E-state index contributed by atoms with van der Waals surface area (Å²) in [6.07, 6.45) is 8.18. The number of rotatable bonds is 11. The normalized spacial score (nSPS) is 17.7. The molecule has 1 atom stereocenters. The quantitative estimate of drug-likeness (QED) is 0.321. The van der Waals surface area contributed by atoms with Gasteiger partial charge in [-0.15, -0.1) is 0 Å². The number of nitrogens with zero attached hydrogens (tertiary/aromatic N) is 2. The number of hydrogen-bond acceptors (Lipinski definition) is 4. The Morgan fingerprint density at radius 3 is 2.39 bits per heavy atom. The second kappa shape index (κ2) is 12.7. The third kappa shape index (κ3) is 6.89. The minimum absolute atomic E-state index is 0.0949. The zero-order valence-corrected chi connectivity index (χ0v) is 22.4. The maximum absolute atomic E-state index is 11.9. The minimum Gasteiger partial charge on any atom is -0.491 e. The van der Waals surface area contributed by atoms with Gasteiger partial charge in [-0.3, -0.25) is 19.4 Å². The van der Waals surface area contributed by atoms with E-state index in [1.54, 1.807) is 0 Å². The number of hydrogen-bond donors (Lipinski definition) is 0. The summed E-state index contributed by atoms with van der Waals surface area (Å²) in [5, 5.41) is 0.770. The Morgan fingerprint density at radius 2 is 1.72 bits per heavy atom. The Kier molecular flexibility index (Phi) is 9.44. The number of benzene rings is 2. The summed E-state index contributed by atoms with van der Waals surface area (Å²) >= 11 is 6.16. The molecular formula is C30H39ClN2O3. The Hall–Kier alpha value is -2.37. The number of halogens is 1. The van der Waals surface area contributed by atoms with E-state index in [-0.39, 0.29) is 11.8 Å². The lowest BCUT2D eigenvalue weighted by Gasteiger charge is -2.34. The maximum atomic E-state index is 11.9. The van der Waals surface area contributed by atoms with Gasteiger partial charge in [0, 0.05) is 37.0 Å². The van der Waals surface area contributed by atoms with Gasteiger partial charge >= 0.3 is 0 Å². The van der Waals surface area contributed by atoms with E-state index in [1.807, 2.05) is 18.2 Å². The lowest BCUT2D eigenvalue weighted by Crippen LogP contribution is -2.33. The zero-order chi connectivity index (χ0) is 25.5. The molecule has 2 aromatic rings. The molecule has 0 spiro atoms. The van der Waals surface area contributed by atoms with Crippen molar-refractivity contribution in [2.75, 3.05) is 19.7 Å². The highest BCUT2D eigenvalue weighted by Crippen LogP contribution is 2.31. The van der Waals surface area contributed by atoms with E-state index in [4.69, 9.17) is 16.3 Å². The second-order valence-corrected chi connectivity index (χ2v) is 10.7. The lowest BCUT2D eigenvalue weighted by atomic mass is 9.88. The summed E-state index contributed by atoms with van der Waals surface area (Å²) in [7, 11) is 0. The fourth-order valence-corrected chi connectivity index (χ4v) is 5.64. The molecule has 1 aliphatic carbocycles. The van der Waals surface area contributed by atoms with Gasteiger partial charge in [0.1, 0.15) is 12.4 Å². The van der Waals surface area contributed by atoms with E-state index in [2.05, 4.69) is 43.0 Å². The van der Waals surface area contributed by atoms with E-state index in [0.717, 1.165) is 41.8 Å². The van der Waals surface area contributed by atoms with Crippen LogP contribution in [0.5, 0.6) is 5.75 Å². The van der Waals surface area contributed by atoms with Crippen molar-refractivity contribution < 1.29 is 14.3 Å². The first-order chi connectivity index (χ1) is 17.4. The zero-order valence-electron chi connectivity index (χ0n) is 21.7.